The van der Waals surface area contributed by atoms with Crippen LogP contribution in [0.15, 0.2) is 42.6 Å². The highest BCUT2D eigenvalue weighted by atomic mass is 16.5. The molecule has 0 atom stereocenters. The lowest BCUT2D eigenvalue weighted by Gasteiger charge is -2.13. The van der Waals surface area contributed by atoms with E-state index in [-0.39, 0.29) is 0 Å². The molecule has 0 saturated carbocycles. The number of hydrogen-bond donors (Lipinski definition) is 1. The Kier molecular flexibility index (Phi) is 5.61. The number of aromatic nitrogens is 2. The van der Waals surface area contributed by atoms with Crippen LogP contribution in [0.2, 0.25) is 0 Å². The van der Waals surface area contributed by atoms with Gasteiger partial charge in [-0.15, -0.1) is 0 Å². The van der Waals surface area contributed by atoms with Crippen molar-refractivity contribution in [3.8, 4) is 34.6 Å². The molecule has 0 unspecified atom stereocenters. The van der Waals surface area contributed by atoms with Crippen LogP contribution < -0.4 is 19.5 Å². The molecule has 3 rings (SSSR count). The van der Waals surface area contributed by atoms with Gasteiger partial charge in [0.25, 0.3) is 0 Å². The van der Waals surface area contributed by atoms with E-state index in [0.29, 0.717) is 45.7 Å². The minimum absolute atomic E-state index is 0.401. The number of anilines is 2. The zero-order valence-electron chi connectivity index (χ0n) is 15.8. The molecule has 0 aliphatic carbocycles. The van der Waals surface area contributed by atoms with Gasteiger partial charge in [-0.1, -0.05) is 0 Å². The molecular formula is C21H19N4O3. The van der Waals surface area contributed by atoms with Gasteiger partial charge in [0.05, 0.1) is 32.6 Å². The van der Waals surface area contributed by atoms with Crippen LogP contribution in [-0.4, -0.2) is 31.3 Å². The summed E-state index contributed by atoms with van der Waals surface area (Å²) in [6.07, 6.45) is 1.65. The molecule has 0 saturated heterocycles. The largest absolute Gasteiger partial charge is 0.495 e. The summed E-state index contributed by atoms with van der Waals surface area (Å²) in [6.45, 7) is 3.97. The number of rotatable bonds is 6. The summed E-state index contributed by atoms with van der Waals surface area (Å²) < 4.78 is 15.8. The minimum atomic E-state index is 0.401. The number of nitriles is 1. The topological polar surface area (TPSA) is 89.3 Å². The number of methoxy groups -OCH3 is 3. The zero-order valence-corrected chi connectivity index (χ0v) is 15.8. The molecule has 28 heavy (non-hydrogen) atoms. The second-order valence-corrected chi connectivity index (χ2v) is 5.79. The van der Waals surface area contributed by atoms with E-state index in [1.165, 1.54) is 7.11 Å². The summed E-state index contributed by atoms with van der Waals surface area (Å²) in [5.41, 5.74) is 3.29. The van der Waals surface area contributed by atoms with Crippen molar-refractivity contribution >= 4 is 11.6 Å². The van der Waals surface area contributed by atoms with E-state index in [4.69, 9.17) is 14.2 Å². The molecule has 0 aliphatic rings. The normalized spacial score (nSPS) is 10.1. The first-order valence-corrected chi connectivity index (χ1v) is 8.36. The molecule has 1 N–H and O–H groups in total. The van der Waals surface area contributed by atoms with Crippen LogP contribution in [-0.2, 0) is 0 Å². The van der Waals surface area contributed by atoms with Gasteiger partial charge in [-0.3, -0.25) is 0 Å². The third-order valence-corrected chi connectivity index (χ3v) is 4.08. The fourth-order valence-electron chi connectivity index (χ4n) is 2.78. The van der Waals surface area contributed by atoms with Crippen LogP contribution in [0.3, 0.4) is 0 Å². The highest BCUT2D eigenvalue weighted by molar-refractivity contribution is 5.67. The van der Waals surface area contributed by atoms with E-state index in [0.717, 1.165) is 5.56 Å². The van der Waals surface area contributed by atoms with Gasteiger partial charge in [0.2, 0.25) is 5.95 Å². The Bertz CT molecular complexity index is 1040. The number of hydrogen-bond acceptors (Lipinski definition) is 7. The molecule has 2 aromatic carbocycles. The first-order chi connectivity index (χ1) is 13.6. The van der Waals surface area contributed by atoms with E-state index in [9.17, 15) is 5.26 Å². The number of nitrogens with one attached hydrogen (secondary N) is 1. The monoisotopic (exact) mass is 375 g/mol. The lowest BCUT2D eigenvalue weighted by atomic mass is 10.1. The van der Waals surface area contributed by atoms with Crippen molar-refractivity contribution in [1.82, 2.24) is 9.97 Å². The second kappa shape index (κ2) is 8.27. The van der Waals surface area contributed by atoms with E-state index in [1.54, 1.807) is 44.7 Å². The second-order valence-electron chi connectivity index (χ2n) is 5.79. The van der Waals surface area contributed by atoms with Gasteiger partial charge in [-0.05, 0) is 37.3 Å². The van der Waals surface area contributed by atoms with Crippen LogP contribution in [0.25, 0.3) is 11.3 Å². The van der Waals surface area contributed by atoms with E-state index < -0.39 is 0 Å². The van der Waals surface area contributed by atoms with Gasteiger partial charge in [-0.25, -0.2) is 9.97 Å². The Hall–Kier alpha value is -3.79. The minimum Gasteiger partial charge on any atom is -0.495 e. The highest BCUT2D eigenvalue weighted by Crippen LogP contribution is 2.34. The first kappa shape index (κ1) is 19.0. The first-order valence-electron chi connectivity index (χ1n) is 8.36. The molecular weight excluding hydrogens is 356 g/mol. The maximum atomic E-state index is 9.29. The SMILES string of the molecule is [CH2]c1cc(Nc2nccc(-c3ccc(OC)c(C#N)c3)n2)cc(OC)c1OC. The van der Waals surface area contributed by atoms with Crippen molar-refractivity contribution in [1.29, 1.82) is 5.26 Å². The maximum Gasteiger partial charge on any atom is 0.227 e. The van der Waals surface area contributed by atoms with Gasteiger partial charge < -0.3 is 19.5 Å². The van der Waals surface area contributed by atoms with E-state index in [2.05, 4.69) is 28.3 Å². The Labute approximate surface area is 163 Å². The third kappa shape index (κ3) is 3.81. The van der Waals surface area contributed by atoms with Crippen LogP contribution in [0.1, 0.15) is 11.1 Å². The van der Waals surface area contributed by atoms with Crippen molar-refractivity contribution < 1.29 is 14.2 Å². The van der Waals surface area contributed by atoms with Gasteiger partial charge in [-0.2, -0.15) is 5.26 Å². The number of benzene rings is 2. The fourth-order valence-corrected chi connectivity index (χ4v) is 2.78. The highest BCUT2D eigenvalue weighted by Gasteiger charge is 2.11. The molecule has 0 bridgehead atoms. The molecule has 0 spiro atoms. The Morgan fingerprint density at radius 2 is 1.79 bits per heavy atom. The average molecular weight is 375 g/mol. The molecule has 3 aromatic rings. The van der Waals surface area contributed by atoms with Gasteiger partial charge in [0.1, 0.15) is 11.8 Å². The fraction of sp³-hybridized carbons (Fsp3) is 0.143. The van der Waals surface area contributed by atoms with Gasteiger partial charge in [0, 0.05) is 29.1 Å². The summed E-state index contributed by atoms with van der Waals surface area (Å²) in [5, 5.41) is 12.4. The quantitative estimate of drug-likeness (QED) is 0.697. The Balaban J connectivity index is 1.93. The smallest absolute Gasteiger partial charge is 0.227 e. The Morgan fingerprint density at radius 3 is 2.46 bits per heavy atom. The third-order valence-electron chi connectivity index (χ3n) is 4.08. The molecule has 7 heteroatoms. The average Bonchev–Trinajstić information content (AvgIpc) is 2.72. The molecule has 1 heterocycles. The van der Waals surface area contributed by atoms with E-state index in [1.807, 2.05) is 12.1 Å². The van der Waals surface area contributed by atoms with E-state index >= 15 is 0 Å². The number of nitrogens with zero attached hydrogens (tertiary/aromatic N) is 3. The van der Waals surface area contributed by atoms with Crippen LogP contribution in [0.5, 0.6) is 17.2 Å². The van der Waals surface area contributed by atoms with Gasteiger partial charge in [0.15, 0.2) is 11.5 Å². The van der Waals surface area contributed by atoms with Crippen molar-refractivity contribution in [3.05, 3.63) is 60.6 Å². The molecule has 141 valence electrons. The Morgan fingerprint density at radius 1 is 1.00 bits per heavy atom. The summed E-state index contributed by atoms with van der Waals surface area (Å²) in [7, 11) is 4.66. The van der Waals surface area contributed by atoms with Crippen LogP contribution in [0, 0.1) is 18.3 Å². The molecule has 0 aliphatic heterocycles. The van der Waals surface area contributed by atoms with Crippen LogP contribution >= 0.6 is 0 Å². The lowest BCUT2D eigenvalue weighted by molar-refractivity contribution is 0.354. The molecule has 1 radical (unpaired) electrons. The van der Waals surface area contributed by atoms with Crippen molar-refractivity contribution in [2.45, 2.75) is 0 Å². The van der Waals surface area contributed by atoms with Crippen LogP contribution in [0.4, 0.5) is 11.6 Å². The van der Waals surface area contributed by atoms with Crippen molar-refractivity contribution in [2.75, 3.05) is 26.6 Å². The molecule has 1 aromatic heterocycles. The van der Waals surface area contributed by atoms with Crippen molar-refractivity contribution in [2.24, 2.45) is 0 Å². The predicted molar refractivity (Wildman–Crippen MR) is 106 cm³/mol. The lowest BCUT2D eigenvalue weighted by Crippen LogP contribution is -2.00. The molecule has 7 nitrogen and oxygen atoms in total. The molecule has 0 fully saturated rings. The van der Waals surface area contributed by atoms with Gasteiger partial charge >= 0.3 is 0 Å². The summed E-state index contributed by atoms with van der Waals surface area (Å²) >= 11 is 0. The standard InChI is InChI=1S/C21H19N4O3/c1-13-9-16(11-19(27-3)20(13)28-4)24-21-23-8-7-17(25-21)14-5-6-18(26-2)15(10-14)12-22/h5-11H,1H2,2-4H3,(H,23,24,25). The maximum absolute atomic E-state index is 9.29. The summed E-state index contributed by atoms with van der Waals surface area (Å²) in [6, 6.07) is 12.8. The summed E-state index contributed by atoms with van der Waals surface area (Å²) in [4.78, 5) is 8.79. The zero-order chi connectivity index (χ0) is 20.1. The molecule has 0 amide bonds. The predicted octanol–water partition coefficient (Wildman–Crippen LogP) is 3.97. The summed E-state index contributed by atoms with van der Waals surface area (Å²) in [5.74, 6) is 2.05. The van der Waals surface area contributed by atoms with Crippen molar-refractivity contribution in [3.63, 3.8) is 0 Å². The number of ether oxygens (including phenoxy) is 3.